The molecule has 0 radical (unpaired) electrons. The Morgan fingerprint density at radius 2 is 1.71 bits per heavy atom. The Morgan fingerprint density at radius 3 is 2.47 bits per heavy atom. The molecule has 1 saturated carbocycles. The summed E-state index contributed by atoms with van der Waals surface area (Å²) in [6, 6.07) is 15.0. The highest BCUT2D eigenvalue weighted by atomic mass is 32.1. The quantitative estimate of drug-likeness (QED) is 0.133. The highest BCUT2D eigenvalue weighted by Crippen LogP contribution is 2.40. The number of nitrogens with zero attached hydrogens (tertiary/aromatic N) is 1. The average molecular weight is 534 g/mol. The topological polar surface area (TPSA) is 48.4 Å². The minimum absolute atomic E-state index is 0.266. The van der Waals surface area contributed by atoms with E-state index in [0.29, 0.717) is 24.2 Å². The molecule has 2 aliphatic rings. The van der Waals surface area contributed by atoms with Gasteiger partial charge in [0.2, 0.25) is 0 Å². The molecule has 0 spiro atoms. The van der Waals surface area contributed by atoms with Crippen molar-refractivity contribution in [2.75, 3.05) is 6.61 Å². The summed E-state index contributed by atoms with van der Waals surface area (Å²) in [7, 11) is 0. The van der Waals surface area contributed by atoms with Crippen molar-refractivity contribution in [3.63, 3.8) is 0 Å². The number of aryl methyl sites for hydroxylation is 1. The van der Waals surface area contributed by atoms with Gasteiger partial charge in [-0.2, -0.15) is 0 Å². The van der Waals surface area contributed by atoms with Gasteiger partial charge in [0.25, 0.3) is 0 Å². The number of ether oxygens (including phenoxy) is 2. The highest BCUT2D eigenvalue weighted by Gasteiger charge is 2.26. The molecule has 5 rings (SSSR count). The zero-order chi connectivity index (χ0) is 26.2. The van der Waals surface area contributed by atoms with Gasteiger partial charge in [0, 0.05) is 12.5 Å². The van der Waals surface area contributed by atoms with Crippen molar-refractivity contribution >= 4 is 27.5 Å². The fourth-order valence-corrected chi connectivity index (χ4v) is 7.21. The van der Waals surface area contributed by atoms with Crippen LogP contribution in [0, 0.1) is 5.92 Å². The van der Waals surface area contributed by atoms with Crippen LogP contribution in [0.1, 0.15) is 106 Å². The van der Waals surface area contributed by atoms with Crippen molar-refractivity contribution in [1.82, 2.24) is 4.98 Å². The van der Waals surface area contributed by atoms with Crippen molar-refractivity contribution in [1.29, 1.82) is 0 Å². The maximum atomic E-state index is 12.2. The molecule has 38 heavy (non-hydrogen) atoms. The summed E-state index contributed by atoms with van der Waals surface area (Å²) in [5.74, 6) is 1.66. The highest BCUT2D eigenvalue weighted by molar-refractivity contribution is 7.18. The van der Waals surface area contributed by atoms with Crippen LogP contribution in [0.4, 0.5) is 0 Å². The second-order valence-electron chi connectivity index (χ2n) is 11.4. The summed E-state index contributed by atoms with van der Waals surface area (Å²) in [5, 5.41) is 1.34. The predicted molar refractivity (Wildman–Crippen MR) is 156 cm³/mol. The molecule has 1 aromatic heterocycles. The third-order valence-corrected chi connectivity index (χ3v) is 9.52. The number of carbonyl (C=O) groups is 1. The minimum atomic E-state index is -0.396. The number of esters is 1. The van der Waals surface area contributed by atoms with Crippen LogP contribution < -0.4 is 4.74 Å². The molecular weight excluding hydrogens is 490 g/mol. The zero-order valence-corrected chi connectivity index (χ0v) is 23.8. The number of carbonyl (C=O) groups excluding carboxylic acids is 1. The predicted octanol–water partition coefficient (Wildman–Crippen LogP) is 8.80. The van der Waals surface area contributed by atoms with E-state index in [4.69, 9.17) is 14.5 Å². The minimum Gasteiger partial charge on any atom is -0.425 e. The Bertz CT molecular complexity index is 1160. The van der Waals surface area contributed by atoms with Gasteiger partial charge in [-0.1, -0.05) is 57.2 Å². The standard InChI is InChI=1S/C33H43NO3S/c1-2-3-4-5-6-7-9-24-15-20-29-31(23-24)38-32(34-29)27-16-11-25(12-17-27)22-26-13-18-28(19-14-26)37-33(35)30-10-8-21-36-30/h13-15,18-20,23,25,27,30H,2-12,16-17,21-22H2,1H3. The number of hydrogen-bond acceptors (Lipinski definition) is 5. The van der Waals surface area contributed by atoms with E-state index in [0.717, 1.165) is 19.3 Å². The fraction of sp³-hybridized carbons (Fsp3) is 0.576. The lowest BCUT2D eigenvalue weighted by atomic mass is 9.79. The first-order valence-corrected chi connectivity index (χ1v) is 15.8. The molecule has 4 nitrogen and oxygen atoms in total. The molecule has 1 aliphatic carbocycles. The van der Waals surface area contributed by atoms with Crippen molar-refractivity contribution in [3.05, 3.63) is 58.6 Å². The van der Waals surface area contributed by atoms with Gasteiger partial charge in [-0.05, 0) is 99.1 Å². The summed E-state index contributed by atoms with van der Waals surface area (Å²) in [5.41, 5.74) is 3.97. The van der Waals surface area contributed by atoms with Crippen molar-refractivity contribution in [3.8, 4) is 5.75 Å². The maximum absolute atomic E-state index is 12.2. The molecule has 1 atom stereocenters. The van der Waals surface area contributed by atoms with E-state index in [1.54, 1.807) is 0 Å². The molecule has 204 valence electrons. The lowest BCUT2D eigenvalue weighted by molar-refractivity contribution is -0.144. The molecule has 2 heterocycles. The van der Waals surface area contributed by atoms with Crippen LogP contribution in [-0.4, -0.2) is 23.7 Å². The lowest BCUT2D eigenvalue weighted by Crippen LogP contribution is -2.24. The summed E-state index contributed by atoms with van der Waals surface area (Å²) >= 11 is 1.93. The number of hydrogen-bond donors (Lipinski definition) is 0. The van der Waals surface area contributed by atoms with Gasteiger partial charge in [-0.15, -0.1) is 11.3 Å². The molecule has 1 unspecified atom stereocenters. The number of thiazole rings is 1. The van der Waals surface area contributed by atoms with Crippen molar-refractivity contribution in [2.24, 2.45) is 5.92 Å². The van der Waals surface area contributed by atoms with Gasteiger partial charge in [0.1, 0.15) is 5.75 Å². The first-order valence-electron chi connectivity index (χ1n) is 15.0. The Morgan fingerprint density at radius 1 is 0.947 bits per heavy atom. The Labute approximate surface area is 232 Å². The van der Waals surface area contributed by atoms with Crippen LogP contribution in [0.2, 0.25) is 0 Å². The Kier molecular flexibility index (Phi) is 9.86. The molecule has 2 aromatic carbocycles. The van der Waals surface area contributed by atoms with E-state index >= 15 is 0 Å². The molecule has 0 bridgehead atoms. The first kappa shape index (κ1) is 27.3. The van der Waals surface area contributed by atoms with Gasteiger partial charge in [0.05, 0.1) is 15.2 Å². The van der Waals surface area contributed by atoms with Crippen molar-refractivity contribution < 1.29 is 14.3 Å². The lowest BCUT2D eigenvalue weighted by Gasteiger charge is -2.27. The SMILES string of the molecule is CCCCCCCCc1ccc2nc(C3CCC(Cc4ccc(OC(=O)C5CCCO5)cc4)CC3)sc2c1. The molecule has 1 aliphatic heterocycles. The Balaban J connectivity index is 1.07. The molecule has 3 aromatic rings. The molecule has 5 heteroatoms. The summed E-state index contributed by atoms with van der Waals surface area (Å²) in [4.78, 5) is 17.2. The Hall–Kier alpha value is -2.24. The van der Waals surface area contributed by atoms with Crippen LogP contribution in [0.15, 0.2) is 42.5 Å². The van der Waals surface area contributed by atoms with Gasteiger partial charge < -0.3 is 9.47 Å². The van der Waals surface area contributed by atoms with Crippen LogP contribution in [0.5, 0.6) is 5.75 Å². The smallest absolute Gasteiger partial charge is 0.340 e. The third-order valence-electron chi connectivity index (χ3n) is 8.34. The number of rotatable bonds is 12. The average Bonchev–Trinajstić information content (AvgIpc) is 3.63. The van der Waals surface area contributed by atoms with E-state index in [9.17, 15) is 4.79 Å². The third kappa shape index (κ3) is 7.45. The monoisotopic (exact) mass is 533 g/mol. The fourth-order valence-electron chi connectivity index (χ4n) is 6.01. The summed E-state index contributed by atoms with van der Waals surface area (Å²) < 4.78 is 12.3. The first-order chi connectivity index (χ1) is 18.7. The van der Waals surface area contributed by atoms with E-state index < -0.39 is 6.10 Å². The number of benzene rings is 2. The van der Waals surface area contributed by atoms with Crippen LogP contribution >= 0.6 is 11.3 Å². The van der Waals surface area contributed by atoms with Crippen LogP contribution in [0.25, 0.3) is 10.2 Å². The molecule has 1 saturated heterocycles. The normalized spacial score (nSPS) is 21.7. The molecule has 0 amide bonds. The second-order valence-corrected chi connectivity index (χ2v) is 12.4. The van der Waals surface area contributed by atoms with E-state index in [1.807, 2.05) is 23.5 Å². The number of fused-ring (bicyclic) bond motifs is 1. The molecule has 2 fully saturated rings. The van der Waals surface area contributed by atoms with Gasteiger partial charge in [-0.3, -0.25) is 0 Å². The zero-order valence-electron chi connectivity index (χ0n) is 23.0. The van der Waals surface area contributed by atoms with Crippen molar-refractivity contribution in [2.45, 2.75) is 109 Å². The number of aromatic nitrogens is 1. The van der Waals surface area contributed by atoms with E-state index in [2.05, 4.69) is 37.3 Å². The van der Waals surface area contributed by atoms with Gasteiger partial charge in [0.15, 0.2) is 6.10 Å². The summed E-state index contributed by atoms with van der Waals surface area (Å²) in [6.07, 6.45) is 16.6. The van der Waals surface area contributed by atoms with Crippen LogP contribution in [0.3, 0.4) is 0 Å². The maximum Gasteiger partial charge on any atom is 0.340 e. The summed E-state index contributed by atoms with van der Waals surface area (Å²) in [6.45, 7) is 2.93. The number of unbranched alkanes of at least 4 members (excludes halogenated alkanes) is 5. The van der Waals surface area contributed by atoms with E-state index in [1.165, 1.54) is 97.0 Å². The molecular formula is C33H43NO3S. The molecule has 0 N–H and O–H groups in total. The largest absolute Gasteiger partial charge is 0.425 e. The van der Waals surface area contributed by atoms with Gasteiger partial charge >= 0.3 is 5.97 Å². The van der Waals surface area contributed by atoms with Crippen LogP contribution in [-0.2, 0) is 22.4 Å². The van der Waals surface area contributed by atoms with E-state index in [-0.39, 0.29) is 5.97 Å². The second kappa shape index (κ2) is 13.7. The van der Waals surface area contributed by atoms with Gasteiger partial charge in [-0.25, -0.2) is 9.78 Å².